The topological polar surface area (TPSA) is 0 Å². The van der Waals surface area contributed by atoms with Crippen molar-refractivity contribution in [3.63, 3.8) is 0 Å². The van der Waals surface area contributed by atoms with Crippen molar-refractivity contribution >= 4 is 11.6 Å². The number of halogens is 4. The normalized spacial score (nSPS) is 16.4. The van der Waals surface area contributed by atoms with E-state index >= 15 is 0 Å². The van der Waals surface area contributed by atoms with Gasteiger partial charge in [-0.15, -0.1) is 11.6 Å². The van der Waals surface area contributed by atoms with E-state index < -0.39 is 17.5 Å². The van der Waals surface area contributed by atoms with Crippen molar-refractivity contribution in [3.05, 3.63) is 35.9 Å². The number of alkyl halides is 4. The molecule has 0 aliphatic heterocycles. The summed E-state index contributed by atoms with van der Waals surface area (Å²) in [4.78, 5) is 0. The summed E-state index contributed by atoms with van der Waals surface area (Å²) in [5, 5.41) is -1.02. The third kappa shape index (κ3) is 2.64. The van der Waals surface area contributed by atoms with Gasteiger partial charge in [0.15, 0.2) is 0 Å². The second-order valence-corrected chi connectivity index (χ2v) is 3.61. The van der Waals surface area contributed by atoms with Crippen molar-refractivity contribution in [3.8, 4) is 0 Å². The molecule has 0 saturated heterocycles. The fourth-order valence-corrected chi connectivity index (χ4v) is 1.38. The third-order valence-corrected chi connectivity index (χ3v) is 2.70. The molecule has 1 rings (SSSR count). The van der Waals surface area contributed by atoms with Gasteiger partial charge in [0.05, 0.1) is 11.3 Å². The zero-order chi connectivity index (χ0) is 10.8. The lowest BCUT2D eigenvalue weighted by atomic mass is 10.0. The fraction of sp³-hybridized carbons (Fsp3) is 0.400. The van der Waals surface area contributed by atoms with Crippen LogP contribution in [0.15, 0.2) is 30.3 Å². The molecular formula is C10H10ClF3. The highest BCUT2D eigenvalue weighted by atomic mass is 35.5. The zero-order valence-electron chi connectivity index (χ0n) is 7.55. The van der Waals surface area contributed by atoms with Gasteiger partial charge in [-0.05, 0) is 5.56 Å². The van der Waals surface area contributed by atoms with E-state index in [4.69, 9.17) is 11.6 Å². The summed E-state index contributed by atoms with van der Waals surface area (Å²) in [6.45, 7) is 1.09. The van der Waals surface area contributed by atoms with E-state index in [2.05, 4.69) is 0 Å². The van der Waals surface area contributed by atoms with E-state index in [-0.39, 0.29) is 0 Å². The maximum absolute atomic E-state index is 12.3. The van der Waals surface area contributed by atoms with Crippen LogP contribution in [-0.2, 0) is 0 Å². The average Bonchev–Trinajstić information content (AvgIpc) is 2.15. The van der Waals surface area contributed by atoms with Gasteiger partial charge >= 0.3 is 6.18 Å². The van der Waals surface area contributed by atoms with Crippen LogP contribution in [0.25, 0.3) is 0 Å². The molecule has 0 fully saturated rings. The quantitative estimate of drug-likeness (QED) is 0.659. The van der Waals surface area contributed by atoms with Gasteiger partial charge in [0, 0.05) is 0 Å². The molecule has 0 bridgehead atoms. The molecule has 0 aromatic heterocycles. The van der Waals surface area contributed by atoms with Crippen molar-refractivity contribution in [2.24, 2.45) is 5.92 Å². The Balaban J connectivity index is 2.81. The number of hydrogen-bond donors (Lipinski definition) is 0. The molecule has 0 N–H and O–H groups in total. The summed E-state index contributed by atoms with van der Waals surface area (Å²) < 4.78 is 36.9. The molecule has 0 nitrogen and oxygen atoms in total. The molecule has 4 heteroatoms. The molecule has 14 heavy (non-hydrogen) atoms. The van der Waals surface area contributed by atoms with Crippen LogP contribution in [0.4, 0.5) is 13.2 Å². The molecule has 2 atom stereocenters. The van der Waals surface area contributed by atoms with Gasteiger partial charge in [0.1, 0.15) is 0 Å². The summed E-state index contributed by atoms with van der Waals surface area (Å²) in [6.07, 6.45) is -4.25. The predicted molar refractivity (Wildman–Crippen MR) is 50.3 cm³/mol. The van der Waals surface area contributed by atoms with Crippen LogP contribution in [0.5, 0.6) is 0 Å². The van der Waals surface area contributed by atoms with Crippen LogP contribution in [0.2, 0.25) is 0 Å². The van der Waals surface area contributed by atoms with Crippen molar-refractivity contribution in [2.45, 2.75) is 18.5 Å². The average molecular weight is 223 g/mol. The van der Waals surface area contributed by atoms with Gasteiger partial charge < -0.3 is 0 Å². The Kier molecular flexibility index (Phi) is 3.43. The third-order valence-electron chi connectivity index (χ3n) is 2.07. The minimum Gasteiger partial charge on any atom is -0.171 e. The van der Waals surface area contributed by atoms with E-state index in [1.54, 1.807) is 30.3 Å². The molecule has 1 aromatic carbocycles. The van der Waals surface area contributed by atoms with Gasteiger partial charge in [-0.25, -0.2) is 0 Å². The standard InChI is InChI=1S/C10H10ClF3/c1-7(10(12,13)14)9(11)8-5-3-2-4-6-8/h2-7,9H,1H3/t7-,9+/m1/s1. The minimum atomic E-state index is -4.25. The number of benzene rings is 1. The summed E-state index contributed by atoms with van der Waals surface area (Å²) in [5.41, 5.74) is 0.499. The lowest BCUT2D eigenvalue weighted by Crippen LogP contribution is -2.23. The molecule has 0 heterocycles. The summed E-state index contributed by atoms with van der Waals surface area (Å²) in [5.74, 6) is -1.54. The number of rotatable bonds is 2. The van der Waals surface area contributed by atoms with Crippen molar-refractivity contribution in [1.29, 1.82) is 0 Å². The van der Waals surface area contributed by atoms with Crippen LogP contribution >= 0.6 is 11.6 Å². The maximum atomic E-state index is 12.3. The first-order valence-corrected chi connectivity index (χ1v) is 4.62. The second kappa shape index (κ2) is 4.22. The molecule has 0 amide bonds. The van der Waals surface area contributed by atoms with Gasteiger partial charge in [0.25, 0.3) is 0 Å². The molecule has 0 spiro atoms. The van der Waals surface area contributed by atoms with Crippen LogP contribution in [0.1, 0.15) is 17.9 Å². The molecule has 1 aromatic rings. The van der Waals surface area contributed by atoms with E-state index in [1.165, 1.54) is 0 Å². The SMILES string of the molecule is C[C@H]([C@H](Cl)c1ccccc1)C(F)(F)F. The molecular weight excluding hydrogens is 213 g/mol. The first-order chi connectivity index (χ1) is 6.43. The Morgan fingerprint density at radius 1 is 1.14 bits per heavy atom. The Morgan fingerprint density at radius 2 is 1.64 bits per heavy atom. The van der Waals surface area contributed by atoms with Gasteiger partial charge in [-0.3, -0.25) is 0 Å². The van der Waals surface area contributed by atoms with Crippen LogP contribution in [-0.4, -0.2) is 6.18 Å². The van der Waals surface area contributed by atoms with Crippen LogP contribution in [0.3, 0.4) is 0 Å². The summed E-state index contributed by atoms with van der Waals surface area (Å²) in [7, 11) is 0. The Hall–Kier alpha value is -0.700. The van der Waals surface area contributed by atoms with E-state index in [1.807, 2.05) is 0 Å². The maximum Gasteiger partial charge on any atom is 0.393 e. The molecule has 0 aliphatic rings. The number of hydrogen-bond acceptors (Lipinski definition) is 0. The van der Waals surface area contributed by atoms with Crippen LogP contribution in [0, 0.1) is 5.92 Å². The Bertz CT molecular complexity index is 281. The van der Waals surface area contributed by atoms with Gasteiger partial charge in [0.2, 0.25) is 0 Å². The largest absolute Gasteiger partial charge is 0.393 e. The van der Waals surface area contributed by atoms with E-state index in [0.717, 1.165) is 6.92 Å². The smallest absolute Gasteiger partial charge is 0.171 e. The second-order valence-electron chi connectivity index (χ2n) is 3.14. The monoisotopic (exact) mass is 222 g/mol. The van der Waals surface area contributed by atoms with Gasteiger partial charge in [-0.2, -0.15) is 13.2 Å². The highest BCUT2D eigenvalue weighted by Gasteiger charge is 2.40. The predicted octanol–water partition coefficient (Wildman–Crippen LogP) is 4.16. The minimum absolute atomic E-state index is 0.499. The van der Waals surface area contributed by atoms with Crippen molar-refractivity contribution in [1.82, 2.24) is 0 Å². The first kappa shape index (κ1) is 11.4. The first-order valence-electron chi connectivity index (χ1n) is 4.18. The summed E-state index contributed by atoms with van der Waals surface area (Å²) in [6, 6.07) is 8.28. The molecule has 0 saturated carbocycles. The lowest BCUT2D eigenvalue weighted by molar-refractivity contribution is -0.170. The molecule has 0 unspecified atom stereocenters. The van der Waals surface area contributed by atoms with Crippen molar-refractivity contribution in [2.75, 3.05) is 0 Å². The highest BCUT2D eigenvalue weighted by Crippen LogP contribution is 2.39. The van der Waals surface area contributed by atoms with Crippen molar-refractivity contribution < 1.29 is 13.2 Å². The lowest BCUT2D eigenvalue weighted by Gasteiger charge is -2.20. The Morgan fingerprint density at radius 3 is 2.07 bits per heavy atom. The Labute approximate surface area is 85.7 Å². The van der Waals surface area contributed by atoms with E-state index in [0.29, 0.717) is 5.56 Å². The van der Waals surface area contributed by atoms with Gasteiger partial charge in [-0.1, -0.05) is 37.3 Å². The zero-order valence-corrected chi connectivity index (χ0v) is 8.31. The van der Waals surface area contributed by atoms with E-state index in [9.17, 15) is 13.2 Å². The molecule has 0 radical (unpaired) electrons. The fourth-order valence-electron chi connectivity index (χ4n) is 1.09. The summed E-state index contributed by atoms with van der Waals surface area (Å²) >= 11 is 5.72. The van der Waals surface area contributed by atoms with Crippen LogP contribution < -0.4 is 0 Å². The highest BCUT2D eigenvalue weighted by molar-refractivity contribution is 6.21. The molecule has 0 aliphatic carbocycles. The molecule has 78 valence electrons.